The number of carbonyl (C=O) groups is 2. The highest BCUT2D eigenvalue weighted by atomic mass is 16.7. The minimum Gasteiger partial charge on any atom is -0.497 e. The fourth-order valence-electron chi connectivity index (χ4n) is 4.02. The zero-order valence-electron chi connectivity index (χ0n) is 21.2. The molecule has 0 saturated heterocycles. The molecule has 1 aliphatic heterocycles. The summed E-state index contributed by atoms with van der Waals surface area (Å²) in [5.41, 5.74) is 1.37. The van der Waals surface area contributed by atoms with Crippen molar-refractivity contribution in [3.63, 3.8) is 0 Å². The van der Waals surface area contributed by atoms with E-state index in [0.29, 0.717) is 61.3 Å². The van der Waals surface area contributed by atoms with Crippen molar-refractivity contribution in [1.29, 1.82) is 0 Å². The maximum atomic E-state index is 13.6. The zero-order valence-corrected chi connectivity index (χ0v) is 21.2. The fourth-order valence-corrected chi connectivity index (χ4v) is 4.02. The fraction of sp³-hybridized carbons (Fsp3) is 0.357. The Morgan fingerprint density at radius 3 is 2.51 bits per heavy atom. The number of ether oxygens (including phenoxy) is 4. The van der Waals surface area contributed by atoms with Crippen molar-refractivity contribution in [3.05, 3.63) is 77.7 Å². The van der Waals surface area contributed by atoms with Crippen molar-refractivity contribution in [2.45, 2.75) is 26.4 Å². The van der Waals surface area contributed by atoms with Crippen LogP contribution < -0.4 is 14.2 Å². The van der Waals surface area contributed by atoms with Crippen LogP contribution in [0.2, 0.25) is 0 Å². The molecule has 1 aromatic heterocycles. The van der Waals surface area contributed by atoms with Gasteiger partial charge in [0.2, 0.25) is 12.7 Å². The van der Waals surface area contributed by atoms with Crippen LogP contribution in [0, 0.1) is 0 Å². The lowest BCUT2D eigenvalue weighted by molar-refractivity contribution is -0.133. The summed E-state index contributed by atoms with van der Waals surface area (Å²) in [7, 11) is 1.57. The third-order valence-corrected chi connectivity index (χ3v) is 5.96. The van der Waals surface area contributed by atoms with E-state index >= 15 is 0 Å². The van der Waals surface area contributed by atoms with Gasteiger partial charge in [0, 0.05) is 31.9 Å². The van der Waals surface area contributed by atoms with E-state index in [9.17, 15) is 9.59 Å². The summed E-state index contributed by atoms with van der Waals surface area (Å²) in [6.07, 6.45) is 2.19. The molecule has 3 aromatic rings. The van der Waals surface area contributed by atoms with Crippen LogP contribution in [-0.2, 0) is 22.6 Å². The van der Waals surface area contributed by atoms with Crippen LogP contribution in [0.4, 0.5) is 0 Å². The third kappa shape index (κ3) is 7.04. The second-order valence-corrected chi connectivity index (χ2v) is 8.52. The smallest absolute Gasteiger partial charge is 0.254 e. The number of hydrogen-bond acceptors (Lipinski definition) is 7. The number of methoxy groups -OCH3 is 1. The van der Waals surface area contributed by atoms with Crippen molar-refractivity contribution < 1.29 is 33.0 Å². The lowest BCUT2D eigenvalue weighted by Gasteiger charge is -2.27. The molecule has 0 spiro atoms. The summed E-state index contributed by atoms with van der Waals surface area (Å²) in [5.74, 6) is 2.21. The maximum absolute atomic E-state index is 13.6. The molecule has 9 heteroatoms. The van der Waals surface area contributed by atoms with Crippen LogP contribution in [0.3, 0.4) is 0 Å². The average molecular weight is 509 g/mol. The second kappa shape index (κ2) is 12.8. The minimum absolute atomic E-state index is 0.0811. The van der Waals surface area contributed by atoms with Crippen LogP contribution in [0.1, 0.15) is 35.0 Å². The highest BCUT2D eigenvalue weighted by molar-refractivity contribution is 5.96. The predicted octanol–water partition coefficient (Wildman–Crippen LogP) is 4.11. The van der Waals surface area contributed by atoms with Gasteiger partial charge < -0.3 is 33.2 Å². The first-order valence-electron chi connectivity index (χ1n) is 12.3. The molecule has 2 aromatic carbocycles. The molecule has 0 aliphatic carbocycles. The largest absolute Gasteiger partial charge is 0.497 e. The number of rotatable bonds is 13. The van der Waals surface area contributed by atoms with Crippen LogP contribution >= 0.6 is 0 Å². The van der Waals surface area contributed by atoms with E-state index in [1.54, 1.807) is 53.5 Å². The standard InChI is InChI=1S/C28H32N2O7/c1-3-34-14-5-13-29(28(32)22-8-10-23(33-2)11-9-22)19-27(31)30(18-24-6-4-15-35-24)17-21-7-12-25-26(16-21)37-20-36-25/h4,6-12,15-16H,3,5,13-14,17-20H2,1-2H3. The van der Waals surface area contributed by atoms with Gasteiger partial charge in [-0.3, -0.25) is 9.59 Å². The maximum Gasteiger partial charge on any atom is 0.254 e. The van der Waals surface area contributed by atoms with Gasteiger partial charge in [0.1, 0.15) is 18.1 Å². The molecule has 37 heavy (non-hydrogen) atoms. The first-order valence-corrected chi connectivity index (χ1v) is 12.3. The predicted molar refractivity (Wildman–Crippen MR) is 136 cm³/mol. The molecule has 0 N–H and O–H groups in total. The van der Waals surface area contributed by atoms with E-state index in [4.69, 9.17) is 23.4 Å². The number of amides is 2. The quantitative estimate of drug-likeness (QED) is 0.321. The van der Waals surface area contributed by atoms with Gasteiger partial charge in [-0.05, 0) is 67.4 Å². The van der Waals surface area contributed by atoms with Crippen LogP contribution in [0.5, 0.6) is 17.2 Å². The Hall–Kier alpha value is -3.98. The van der Waals surface area contributed by atoms with Gasteiger partial charge in [0.25, 0.3) is 5.91 Å². The average Bonchev–Trinajstić information content (AvgIpc) is 3.61. The Kier molecular flexibility index (Phi) is 9.04. The molecule has 9 nitrogen and oxygen atoms in total. The second-order valence-electron chi connectivity index (χ2n) is 8.52. The molecule has 0 saturated carbocycles. The summed E-state index contributed by atoms with van der Waals surface area (Å²) < 4.78 is 27.1. The molecule has 0 radical (unpaired) electrons. The Balaban J connectivity index is 1.52. The Morgan fingerprint density at radius 1 is 0.973 bits per heavy atom. The molecule has 0 bridgehead atoms. The highest BCUT2D eigenvalue weighted by Gasteiger charge is 2.24. The van der Waals surface area contributed by atoms with Crippen molar-refractivity contribution in [2.24, 2.45) is 0 Å². The van der Waals surface area contributed by atoms with Crippen molar-refractivity contribution in [2.75, 3.05) is 40.2 Å². The monoisotopic (exact) mass is 508 g/mol. The van der Waals surface area contributed by atoms with Crippen LogP contribution in [0.15, 0.2) is 65.3 Å². The number of furan rings is 1. The SMILES string of the molecule is CCOCCCN(CC(=O)N(Cc1ccc2c(c1)OCO2)Cc1ccco1)C(=O)c1ccc(OC)cc1. The molecule has 1 aliphatic rings. The molecule has 0 atom stereocenters. The number of nitrogens with zero attached hydrogens (tertiary/aromatic N) is 2. The molecule has 4 rings (SSSR count). The first-order chi connectivity index (χ1) is 18.1. The van der Waals surface area contributed by atoms with Gasteiger partial charge in [-0.1, -0.05) is 6.07 Å². The third-order valence-electron chi connectivity index (χ3n) is 5.96. The van der Waals surface area contributed by atoms with Crippen molar-refractivity contribution in [3.8, 4) is 17.2 Å². The summed E-state index contributed by atoms with van der Waals surface area (Å²) in [6, 6.07) is 16.1. The summed E-state index contributed by atoms with van der Waals surface area (Å²) in [5, 5.41) is 0. The number of hydrogen-bond donors (Lipinski definition) is 0. The molecule has 0 unspecified atom stereocenters. The zero-order chi connectivity index (χ0) is 26.0. The molecule has 2 heterocycles. The van der Waals surface area contributed by atoms with Crippen molar-refractivity contribution in [1.82, 2.24) is 9.80 Å². The number of benzene rings is 2. The van der Waals surface area contributed by atoms with E-state index in [1.165, 1.54) is 0 Å². The molecular weight excluding hydrogens is 476 g/mol. The molecule has 196 valence electrons. The van der Waals surface area contributed by atoms with Crippen LogP contribution in [0.25, 0.3) is 0 Å². The van der Waals surface area contributed by atoms with Crippen LogP contribution in [-0.4, -0.2) is 61.8 Å². The van der Waals surface area contributed by atoms with E-state index in [1.807, 2.05) is 31.2 Å². The summed E-state index contributed by atoms with van der Waals surface area (Å²) in [6.45, 7) is 4.09. The van der Waals surface area contributed by atoms with Crippen molar-refractivity contribution >= 4 is 11.8 Å². The van der Waals surface area contributed by atoms with E-state index in [-0.39, 0.29) is 31.7 Å². The number of carbonyl (C=O) groups excluding carboxylic acids is 2. The topological polar surface area (TPSA) is 90.7 Å². The van der Waals surface area contributed by atoms with Gasteiger partial charge in [0.05, 0.1) is 19.9 Å². The lowest BCUT2D eigenvalue weighted by atomic mass is 10.1. The van der Waals surface area contributed by atoms with E-state index in [2.05, 4.69) is 0 Å². The van der Waals surface area contributed by atoms with Gasteiger partial charge in [-0.2, -0.15) is 0 Å². The Bertz CT molecular complexity index is 1160. The van der Waals surface area contributed by atoms with Gasteiger partial charge >= 0.3 is 0 Å². The van der Waals surface area contributed by atoms with Gasteiger partial charge in [0.15, 0.2) is 11.5 Å². The normalized spacial score (nSPS) is 11.8. The van der Waals surface area contributed by atoms with Gasteiger partial charge in [-0.25, -0.2) is 0 Å². The highest BCUT2D eigenvalue weighted by Crippen LogP contribution is 2.33. The molecular formula is C28H32N2O7. The Morgan fingerprint density at radius 2 is 1.78 bits per heavy atom. The summed E-state index contributed by atoms with van der Waals surface area (Å²) in [4.78, 5) is 30.3. The summed E-state index contributed by atoms with van der Waals surface area (Å²) >= 11 is 0. The lowest BCUT2D eigenvalue weighted by Crippen LogP contribution is -2.43. The van der Waals surface area contributed by atoms with Gasteiger partial charge in [-0.15, -0.1) is 0 Å². The Labute approximate surface area is 216 Å². The van der Waals surface area contributed by atoms with E-state index < -0.39 is 0 Å². The number of fused-ring (bicyclic) bond motifs is 1. The molecule has 2 amide bonds. The minimum atomic E-state index is -0.228. The first kappa shape index (κ1) is 26.1. The van der Waals surface area contributed by atoms with E-state index in [0.717, 1.165) is 5.56 Å². The molecule has 0 fully saturated rings.